The standard InChI is InChI=1S/C20H22O5/c1-2-18(21)25-14-8-4-3-7-13-24-17-12-11-15-9-5-6-10-16(15)19(17)20(22)23/h2,5-6,9-12H,1,3-4,7-8,13-14H2,(H,22,23). The second kappa shape index (κ2) is 9.47. The third kappa shape index (κ3) is 5.35. The highest BCUT2D eigenvalue weighted by molar-refractivity contribution is 6.06. The number of hydrogen-bond donors (Lipinski definition) is 1. The van der Waals surface area contributed by atoms with Crippen molar-refractivity contribution in [3.63, 3.8) is 0 Å². The third-order valence-electron chi connectivity index (χ3n) is 3.81. The number of hydrogen-bond acceptors (Lipinski definition) is 4. The van der Waals surface area contributed by atoms with E-state index in [1.807, 2.05) is 24.3 Å². The summed E-state index contributed by atoms with van der Waals surface area (Å²) < 4.78 is 10.6. The molecule has 0 saturated heterocycles. The van der Waals surface area contributed by atoms with E-state index in [0.29, 0.717) is 24.3 Å². The summed E-state index contributed by atoms with van der Waals surface area (Å²) in [6.07, 6.45) is 4.58. The number of benzene rings is 2. The zero-order valence-corrected chi connectivity index (χ0v) is 14.1. The molecule has 0 radical (unpaired) electrons. The monoisotopic (exact) mass is 342 g/mol. The van der Waals surface area contributed by atoms with Crippen LogP contribution in [0, 0.1) is 0 Å². The predicted molar refractivity (Wildman–Crippen MR) is 96.0 cm³/mol. The first-order valence-corrected chi connectivity index (χ1v) is 8.30. The zero-order chi connectivity index (χ0) is 18.1. The molecule has 2 aromatic carbocycles. The van der Waals surface area contributed by atoms with Crippen molar-refractivity contribution >= 4 is 22.7 Å². The van der Waals surface area contributed by atoms with Gasteiger partial charge >= 0.3 is 11.9 Å². The van der Waals surface area contributed by atoms with Crippen molar-refractivity contribution in [1.82, 2.24) is 0 Å². The quantitative estimate of drug-likeness (QED) is 0.398. The topological polar surface area (TPSA) is 72.8 Å². The lowest BCUT2D eigenvalue weighted by atomic mass is 10.0. The molecule has 25 heavy (non-hydrogen) atoms. The Morgan fingerprint density at radius 3 is 2.44 bits per heavy atom. The van der Waals surface area contributed by atoms with Crippen molar-refractivity contribution in [2.45, 2.75) is 25.7 Å². The van der Waals surface area contributed by atoms with Gasteiger partial charge in [0, 0.05) is 6.08 Å². The molecule has 5 nitrogen and oxygen atoms in total. The fourth-order valence-electron chi connectivity index (χ4n) is 2.56. The molecule has 0 atom stereocenters. The maximum atomic E-state index is 11.6. The van der Waals surface area contributed by atoms with E-state index in [-0.39, 0.29) is 5.56 Å². The second-order valence-electron chi connectivity index (χ2n) is 5.60. The number of carbonyl (C=O) groups excluding carboxylic acids is 1. The highest BCUT2D eigenvalue weighted by Gasteiger charge is 2.15. The molecule has 5 heteroatoms. The van der Waals surface area contributed by atoms with Crippen LogP contribution in [-0.4, -0.2) is 30.3 Å². The number of carboxylic acid groups (broad SMARTS) is 1. The summed E-state index contributed by atoms with van der Waals surface area (Å²) in [5.41, 5.74) is 0.203. The molecular formula is C20H22O5. The number of aromatic carboxylic acids is 1. The molecule has 2 rings (SSSR count). The molecule has 2 aromatic rings. The Morgan fingerprint density at radius 2 is 1.72 bits per heavy atom. The number of unbranched alkanes of at least 4 members (excludes halogenated alkanes) is 3. The van der Waals surface area contributed by atoms with Gasteiger partial charge in [0.1, 0.15) is 11.3 Å². The molecule has 0 fully saturated rings. The molecule has 0 unspecified atom stereocenters. The average Bonchev–Trinajstić information content (AvgIpc) is 2.62. The van der Waals surface area contributed by atoms with Crippen LogP contribution in [0.2, 0.25) is 0 Å². The molecule has 0 bridgehead atoms. The van der Waals surface area contributed by atoms with Crippen LogP contribution in [0.4, 0.5) is 0 Å². The molecular weight excluding hydrogens is 320 g/mol. The van der Waals surface area contributed by atoms with Crippen LogP contribution in [0.5, 0.6) is 5.75 Å². The third-order valence-corrected chi connectivity index (χ3v) is 3.81. The lowest BCUT2D eigenvalue weighted by Gasteiger charge is -2.11. The van der Waals surface area contributed by atoms with Gasteiger partial charge in [-0.3, -0.25) is 0 Å². The van der Waals surface area contributed by atoms with Gasteiger partial charge < -0.3 is 14.6 Å². The Kier molecular flexibility index (Phi) is 7.01. The fourth-order valence-corrected chi connectivity index (χ4v) is 2.56. The highest BCUT2D eigenvalue weighted by Crippen LogP contribution is 2.28. The number of carbonyl (C=O) groups is 2. The lowest BCUT2D eigenvalue weighted by molar-refractivity contribution is -0.137. The van der Waals surface area contributed by atoms with E-state index in [0.717, 1.165) is 37.1 Å². The van der Waals surface area contributed by atoms with Crippen LogP contribution in [0.15, 0.2) is 49.1 Å². The summed E-state index contributed by atoms with van der Waals surface area (Å²) in [6.45, 7) is 4.17. The van der Waals surface area contributed by atoms with Crippen LogP contribution >= 0.6 is 0 Å². The molecule has 0 aliphatic heterocycles. The van der Waals surface area contributed by atoms with Gasteiger partial charge in [-0.05, 0) is 42.5 Å². The minimum Gasteiger partial charge on any atom is -0.493 e. The average molecular weight is 342 g/mol. The largest absolute Gasteiger partial charge is 0.493 e. The van der Waals surface area contributed by atoms with E-state index in [9.17, 15) is 14.7 Å². The summed E-state index contributed by atoms with van der Waals surface area (Å²) in [4.78, 5) is 22.5. The van der Waals surface area contributed by atoms with Gasteiger partial charge in [0.05, 0.1) is 13.2 Å². The SMILES string of the molecule is C=CC(=O)OCCCCCCOc1ccc2ccccc2c1C(=O)O. The molecule has 1 N–H and O–H groups in total. The van der Waals surface area contributed by atoms with E-state index in [4.69, 9.17) is 9.47 Å². The van der Waals surface area contributed by atoms with E-state index in [1.54, 1.807) is 12.1 Å². The molecule has 0 saturated carbocycles. The normalized spacial score (nSPS) is 10.4. The summed E-state index contributed by atoms with van der Waals surface area (Å²) in [7, 11) is 0. The van der Waals surface area contributed by atoms with E-state index in [1.165, 1.54) is 0 Å². The molecule has 0 spiro atoms. The van der Waals surface area contributed by atoms with Crippen LogP contribution in [0.3, 0.4) is 0 Å². The number of esters is 1. The minimum absolute atomic E-state index is 0.203. The molecule has 0 heterocycles. The molecule has 132 valence electrons. The Bertz CT molecular complexity index is 751. The number of carboxylic acids is 1. The fraction of sp³-hybridized carbons (Fsp3) is 0.300. The minimum atomic E-state index is -0.990. The molecule has 0 aromatic heterocycles. The second-order valence-corrected chi connectivity index (χ2v) is 5.60. The zero-order valence-electron chi connectivity index (χ0n) is 14.1. The first-order valence-electron chi connectivity index (χ1n) is 8.30. The van der Waals surface area contributed by atoms with Gasteiger partial charge in [-0.25, -0.2) is 9.59 Å². The van der Waals surface area contributed by atoms with Crippen molar-refractivity contribution in [3.8, 4) is 5.75 Å². The van der Waals surface area contributed by atoms with Crippen molar-refractivity contribution in [2.24, 2.45) is 0 Å². The van der Waals surface area contributed by atoms with Crippen molar-refractivity contribution in [1.29, 1.82) is 0 Å². The van der Waals surface area contributed by atoms with Crippen LogP contribution in [0.1, 0.15) is 36.0 Å². The first-order chi connectivity index (χ1) is 12.1. The lowest BCUT2D eigenvalue weighted by Crippen LogP contribution is -2.06. The maximum Gasteiger partial charge on any atom is 0.340 e. The van der Waals surface area contributed by atoms with E-state index in [2.05, 4.69) is 6.58 Å². The Labute approximate surface area is 146 Å². The summed E-state index contributed by atoms with van der Waals surface area (Å²) in [5.74, 6) is -0.997. The van der Waals surface area contributed by atoms with E-state index >= 15 is 0 Å². The van der Waals surface area contributed by atoms with Gasteiger partial charge in [-0.15, -0.1) is 0 Å². The van der Waals surface area contributed by atoms with Crippen LogP contribution in [-0.2, 0) is 9.53 Å². The van der Waals surface area contributed by atoms with Crippen LogP contribution in [0.25, 0.3) is 10.8 Å². The van der Waals surface area contributed by atoms with Crippen molar-refractivity contribution in [2.75, 3.05) is 13.2 Å². The van der Waals surface area contributed by atoms with E-state index < -0.39 is 11.9 Å². The number of ether oxygens (including phenoxy) is 2. The first kappa shape index (κ1) is 18.5. The number of rotatable bonds is 10. The summed E-state index contributed by atoms with van der Waals surface area (Å²) in [5, 5.41) is 11.1. The highest BCUT2D eigenvalue weighted by atomic mass is 16.5. The Balaban J connectivity index is 1.81. The van der Waals surface area contributed by atoms with Crippen molar-refractivity contribution < 1.29 is 24.2 Å². The maximum absolute atomic E-state index is 11.6. The van der Waals surface area contributed by atoms with Gasteiger partial charge in [-0.1, -0.05) is 36.9 Å². The number of fused-ring (bicyclic) bond motifs is 1. The Hall–Kier alpha value is -2.82. The summed E-state index contributed by atoms with van der Waals surface area (Å²) >= 11 is 0. The van der Waals surface area contributed by atoms with Crippen LogP contribution < -0.4 is 4.74 Å². The summed E-state index contributed by atoms with van der Waals surface area (Å²) in [6, 6.07) is 10.9. The molecule has 0 aliphatic rings. The van der Waals surface area contributed by atoms with Crippen molar-refractivity contribution in [3.05, 3.63) is 54.6 Å². The molecule has 0 amide bonds. The van der Waals surface area contributed by atoms with Gasteiger partial charge in [0.15, 0.2) is 0 Å². The smallest absolute Gasteiger partial charge is 0.340 e. The Morgan fingerprint density at radius 1 is 1.00 bits per heavy atom. The van der Waals surface area contributed by atoms with Gasteiger partial charge in [0.2, 0.25) is 0 Å². The molecule has 0 aliphatic carbocycles. The van der Waals surface area contributed by atoms with Gasteiger partial charge in [0.25, 0.3) is 0 Å². The predicted octanol–water partition coefficient (Wildman–Crippen LogP) is 4.21. The van der Waals surface area contributed by atoms with Gasteiger partial charge in [-0.2, -0.15) is 0 Å².